The first-order chi connectivity index (χ1) is 8.79. The molecule has 1 aromatic carbocycles. The lowest BCUT2D eigenvalue weighted by Gasteiger charge is -2.34. The Morgan fingerprint density at radius 1 is 1.44 bits per heavy atom. The zero-order chi connectivity index (χ0) is 12.8. The number of carbonyl (C=O) groups is 1. The summed E-state index contributed by atoms with van der Waals surface area (Å²) in [5.74, 6) is -0.177. The van der Waals surface area contributed by atoms with Gasteiger partial charge in [0.15, 0.2) is 6.23 Å². The molecule has 0 aromatic heterocycles. The van der Waals surface area contributed by atoms with Crippen molar-refractivity contribution in [1.29, 1.82) is 0 Å². The molecule has 0 spiro atoms. The van der Waals surface area contributed by atoms with E-state index in [4.69, 9.17) is 9.47 Å². The van der Waals surface area contributed by atoms with Crippen LogP contribution in [-0.2, 0) is 20.8 Å². The number of nitrogens with zero attached hydrogens (tertiary/aromatic N) is 1. The first kappa shape index (κ1) is 13.1. The Kier molecular flexibility index (Phi) is 4.73. The van der Waals surface area contributed by atoms with Gasteiger partial charge in [-0.2, -0.15) is 0 Å². The Morgan fingerprint density at radius 3 is 2.94 bits per heavy atom. The Morgan fingerprint density at radius 2 is 2.22 bits per heavy atom. The van der Waals surface area contributed by atoms with Crippen molar-refractivity contribution in [3.63, 3.8) is 0 Å². The molecule has 0 radical (unpaired) electrons. The van der Waals surface area contributed by atoms with Crippen LogP contribution in [0.5, 0.6) is 0 Å². The van der Waals surface area contributed by atoms with Gasteiger partial charge in [0.2, 0.25) is 0 Å². The van der Waals surface area contributed by atoms with Gasteiger partial charge in [-0.3, -0.25) is 9.69 Å². The third-order valence-electron chi connectivity index (χ3n) is 2.98. The molecule has 0 aliphatic carbocycles. The normalized spacial score (nSPS) is 20.6. The van der Waals surface area contributed by atoms with Gasteiger partial charge < -0.3 is 9.47 Å². The Labute approximate surface area is 107 Å². The molecule has 4 nitrogen and oxygen atoms in total. The lowest BCUT2D eigenvalue weighted by molar-refractivity contribution is -0.176. The molecule has 0 saturated carbocycles. The second-order valence-corrected chi connectivity index (χ2v) is 4.33. The Balaban J connectivity index is 1.97. The quantitative estimate of drug-likeness (QED) is 0.763. The van der Waals surface area contributed by atoms with Gasteiger partial charge in [0.25, 0.3) is 0 Å². The predicted molar refractivity (Wildman–Crippen MR) is 67.8 cm³/mol. The third-order valence-corrected chi connectivity index (χ3v) is 2.98. The topological polar surface area (TPSA) is 38.8 Å². The minimum absolute atomic E-state index is 0.177. The standard InChI is InChI=1S/C14H19NO3/c1-2-14(16)18-13-11-17-9-8-15(13)10-12-6-4-3-5-7-12/h3-7,13H,2,8-11H2,1H3/t13-/m1/s1. The molecule has 2 rings (SSSR count). The van der Waals surface area contributed by atoms with Crippen LogP contribution in [0.2, 0.25) is 0 Å². The molecule has 1 aliphatic heterocycles. The molecule has 1 heterocycles. The van der Waals surface area contributed by atoms with Crippen molar-refractivity contribution < 1.29 is 14.3 Å². The number of rotatable bonds is 4. The monoisotopic (exact) mass is 249 g/mol. The number of carbonyl (C=O) groups excluding carboxylic acids is 1. The van der Waals surface area contributed by atoms with E-state index in [1.165, 1.54) is 5.56 Å². The van der Waals surface area contributed by atoms with E-state index in [1.54, 1.807) is 6.92 Å². The fourth-order valence-corrected chi connectivity index (χ4v) is 1.96. The molecule has 0 amide bonds. The number of esters is 1. The van der Waals surface area contributed by atoms with Crippen molar-refractivity contribution in [3.05, 3.63) is 35.9 Å². The van der Waals surface area contributed by atoms with Gasteiger partial charge in [0.1, 0.15) is 0 Å². The van der Waals surface area contributed by atoms with Gasteiger partial charge in [-0.1, -0.05) is 37.3 Å². The van der Waals surface area contributed by atoms with Crippen molar-refractivity contribution in [2.45, 2.75) is 26.1 Å². The predicted octanol–water partition coefficient (Wildman–Crippen LogP) is 1.80. The maximum atomic E-state index is 11.4. The largest absolute Gasteiger partial charge is 0.444 e. The van der Waals surface area contributed by atoms with Crippen LogP contribution < -0.4 is 0 Å². The summed E-state index contributed by atoms with van der Waals surface area (Å²) in [6.07, 6.45) is 0.141. The van der Waals surface area contributed by atoms with Crippen LogP contribution in [0, 0.1) is 0 Å². The van der Waals surface area contributed by atoms with Crippen molar-refractivity contribution >= 4 is 5.97 Å². The molecule has 98 valence electrons. The minimum atomic E-state index is -0.258. The zero-order valence-corrected chi connectivity index (χ0v) is 10.7. The highest BCUT2D eigenvalue weighted by Gasteiger charge is 2.25. The fourth-order valence-electron chi connectivity index (χ4n) is 1.96. The Bertz CT molecular complexity index is 380. The summed E-state index contributed by atoms with van der Waals surface area (Å²) in [6, 6.07) is 10.2. The molecule has 1 saturated heterocycles. The van der Waals surface area contributed by atoms with Gasteiger partial charge in [0.05, 0.1) is 13.2 Å². The SMILES string of the molecule is CCC(=O)O[C@@H]1COCCN1Cc1ccccc1. The van der Waals surface area contributed by atoms with Crippen molar-refractivity contribution in [2.24, 2.45) is 0 Å². The zero-order valence-electron chi connectivity index (χ0n) is 10.7. The molecule has 0 bridgehead atoms. The number of ether oxygens (including phenoxy) is 2. The van der Waals surface area contributed by atoms with Crippen LogP contribution in [0.4, 0.5) is 0 Å². The van der Waals surface area contributed by atoms with E-state index < -0.39 is 0 Å². The van der Waals surface area contributed by atoms with E-state index in [1.807, 2.05) is 18.2 Å². The second-order valence-electron chi connectivity index (χ2n) is 4.33. The summed E-state index contributed by atoms with van der Waals surface area (Å²) in [4.78, 5) is 13.5. The van der Waals surface area contributed by atoms with E-state index in [0.29, 0.717) is 19.6 Å². The van der Waals surface area contributed by atoms with Gasteiger partial charge in [-0.05, 0) is 5.56 Å². The average Bonchev–Trinajstić information content (AvgIpc) is 2.42. The first-order valence-corrected chi connectivity index (χ1v) is 6.35. The van der Waals surface area contributed by atoms with Crippen LogP contribution >= 0.6 is 0 Å². The van der Waals surface area contributed by atoms with Crippen LogP contribution in [0.15, 0.2) is 30.3 Å². The molecule has 0 unspecified atom stereocenters. The van der Waals surface area contributed by atoms with Gasteiger partial charge in [0, 0.05) is 19.5 Å². The molecule has 0 N–H and O–H groups in total. The Hall–Kier alpha value is -1.39. The van der Waals surface area contributed by atoms with E-state index in [0.717, 1.165) is 13.1 Å². The third kappa shape index (κ3) is 3.55. The highest BCUT2D eigenvalue weighted by Crippen LogP contribution is 2.13. The lowest BCUT2D eigenvalue weighted by atomic mass is 10.2. The van der Waals surface area contributed by atoms with Crippen LogP contribution in [0.25, 0.3) is 0 Å². The summed E-state index contributed by atoms with van der Waals surface area (Å²) in [7, 11) is 0. The van der Waals surface area contributed by atoms with E-state index in [2.05, 4.69) is 17.0 Å². The summed E-state index contributed by atoms with van der Waals surface area (Å²) < 4.78 is 10.8. The average molecular weight is 249 g/mol. The first-order valence-electron chi connectivity index (χ1n) is 6.35. The van der Waals surface area contributed by atoms with Crippen LogP contribution in [0.3, 0.4) is 0 Å². The molecule has 18 heavy (non-hydrogen) atoms. The maximum absolute atomic E-state index is 11.4. The van der Waals surface area contributed by atoms with Gasteiger partial charge >= 0.3 is 5.97 Å². The molecule has 4 heteroatoms. The molecular weight excluding hydrogens is 230 g/mol. The van der Waals surface area contributed by atoms with E-state index >= 15 is 0 Å². The molecule has 1 aromatic rings. The van der Waals surface area contributed by atoms with Crippen molar-refractivity contribution in [2.75, 3.05) is 19.8 Å². The maximum Gasteiger partial charge on any atom is 0.307 e. The minimum Gasteiger partial charge on any atom is -0.444 e. The van der Waals surface area contributed by atoms with Crippen molar-refractivity contribution in [1.82, 2.24) is 4.90 Å². The van der Waals surface area contributed by atoms with E-state index in [9.17, 15) is 4.79 Å². The second kappa shape index (κ2) is 6.52. The molecule has 1 atom stereocenters. The molecular formula is C14H19NO3. The molecule has 1 fully saturated rings. The van der Waals surface area contributed by atoms with Crippen LogP contribution in [-0.4, -0.2) is 36.9 Å². The highest BCUT2D eigenvalue weighted by molar-refractivity contribution is 5.69. The fraction of sp³-hybridized carbons (Fsp3) is 0.500. The smallest absolute Gasteiger partial charge is 0.307 e. The number of hydrogen-bond acceptors (Lipinski definition) is 4. The van der Waals surface area contributed by atoms with Crippen LogP contribution in [0.1, 0.15) is 18.9 Å². The summed E-state index contributed by atoms with van der Waals surface area (Å²) in [5, 5.41) is 0. The number of hydrogen-bond donors (Lipinski definition) is 0. The van der Waals surface area contributed by atoms with Gasteiger partial charge in [-0.15, -0.1) is 0 Å². The summed E-state index contributed by atoms with van der Waals surface area (Å²) in [5.41, 5.74) is 1.22. The molecule has 1 aliphatic rings. The highest BCUT2D eigenvalue weighted by atomic mass is 16.6. The number of benzene rings is 1. The summed E-state index contributed by atoms with van der Waals surface area (Å²) in [6.45, 7) is 4.52. The summed E-state index contributed by atoms with van der Waals surface area (Å²) >= 11 is 0. The van der Waals surface area contributed by atoms with Gasteiger partial charge in [-0.25, -0.2) is 0 Å². The van der Waals surface area contributed by atoms with Crippen molar-refractivity contribution in [3.8, 4) is 0 Å². The lowest BCUT2D eigenvalue weighted by Crippen LogP contribution is -2.47. The number of morpholine rings is 1. The van der Waals surface area contributed by atoms with E-state index in [-0.39, 0.29) is 12.2 Å².